The van der Waals surface area contributed by atoms with Crippen LogP contribution in [0.5, 0.6) is 0 Å². The van der Waals surface area contributed by atoms with E-state index in [1.165, 1.54) is 231 Å². The lowest BCUT2D eigenvalue weighted by Gasteiger charge is -2.18. The molecule has 0 rings (SSSR count). The lowest BCUT2D eigenvalue weighted by atomic mass is 10.0. The van der Waals surface area contributed by atoms with Crippen LogP contribution in [-0.2, 0) is 28.6 Å². The first-order valence-electron chi connectivity index (χ1n) is 35.4. The maximum Gasteiger partial charge on any atom is 0.306 e. The summed E-state index contributed by atoms with van der Waals surface area (Å²) in [5.74, 6) is -0.870. The highest BCUT2D eigenvalue weighted by Gasteiger charge is 2.19. The van der Waals surface area contributed by atoms with Gasteiger partial charge in [0.1, 0.15) is 13.2 Å². The molecule has 0 N–H and O–H groups in total. The minimum absolute atomic E-state index is 0.0718. The van der Waals surface area contributed by atoms with Crippen molar-refractivity contribution in [1.82, 2.24) is 0 Å². The van der Waals surface area contributed by atoms with Gasteiger partial charge in [-0.1, -0.05) is 331 Å². The minimum Gasteiger partial charge on any atom is -0.462 e. The molecule has 0 aromatic rings. The molecule has 0 saturated heterocycles. The molecule has 6 heteroatoms. The average molecular weight is 1130 g/mol. The Labute approximate surface area is 503 Å². The summed E-state index contributed by atoms with van der Waals surface area (Å²) in [4.78, 5) is 38.0. The summed E-state index contributed by atoms with van der Waals surface area (Å²) < 4.78 is 16.8. The molecule has 0 aliphatic carbocycles. The van der Waals surface area contributed by atoms with Crippen molar-refractivity contribution in [2.45, 2.75) is 374 Å². The molecule has 1 atom stereocenters. The van der Waals surface area contributed by atoms with Crippen LogP contribution in [0.2, 0.25) is 0 Å². The Morgan fingerprint density at radius 1 is 0.259 bits per heavy atom. The molecule has 0 bridgehead atoms. The third kappa shape index (κ3) is 67.5. The molecule has 0 heterocycles. The van der Waals surface area contributed by atoms with Gasteiger partial charge in [0.15, 0.2) is 6.10 Å². The maximum absolute atomic E-state index is 12.9. The van der Waals surface area contributed by atoms with Gasteiger partial charge in [-0.3, -0.25) is 14.4 Å². The van der Waals surface area contributed by atoms with Crippen LogP contribution < -0.4 is 0 Å². The third-order valence-corrected chi connectivity index (χ3v) is 15.7. The number of unbranched alkanes of at least 4 members (excludes halogenated alkanes) is 42. The molecule has 0 aromatic carbocycles. The van der Waals surface area contributed by atoms with Crippen LogP contribution in [0.3, 0.4) is 0 Å². The number of hydrogen-bond acceptors (Lipinski definition) is 6. The predicted octanol–water partition coefficient (Wildman–Crippen LogP) is 24.4. The molecule has 0 radical (unpaired) electrons. The molecular formula is C75H134O6. The van der Waals surface area contributed by atoms with E-state index in [-0.39, 0.29) is 31.1 Å². The van der Waals surface area contributed by atoms with E-state index in [9.17, 15) is 14.4 Å². The molecule has 0 fully saturated rings. The zero-order chi connectivity index (χ0) is 58.5. The van der Waals surface area contributed by atoms with E-state index in [0.717, 1.165) is 96.3 Å². The topological polar surface area (TPSA) is 78.9 Å². The fourth-order valence-corrected chi connectivity index (χ4v) is 10.4. The number of carbonyl (C=O) groups excluding carboxylic acids is 3. The monoisotopic (exact) mass is 1130 g/mol. The normalized spacial score (nSPS) is 12.5. The van der Waals surface area contributed by atoms with Gasteiger partial charge in [-0.2, -0.15) is 0 Å². The molecule has 0 amide bonds. The van der Waals surface area contributed by atoms with Crippen molar-refractivity contribution < 1.29 is 28.6 Å². The van der Waals surface area contributed by atoms with E-state index in [1.54, 1.807) is 0 Å². The summed E-state index contributed by atoms with van der Waals surface area (Å²) in [5.41, 5.74) is 0. The van der Waals surface area contributed by atoms with Gasteiger partial charge < -0.3 is 14.2 Å². The molecule has 0 aliphatic heterocycles. The summed E-state index contributed by atoms with van der Waals surface area (Å²) in [6.45, 7) is 6.48. The van der Waals surface area contributed by atoms with Crippen LogP contribution in [0.15, 0.2) is 72.9 Å². The van der Waals surface area contributed by atoms with Crippen LogP contribution in [-0.4, -0.2) is 37.2 Å². The zero-order valence-electron chi connectivity index (χ0n) is 54.1. The van der Waals surface area contributed by atoms with Crippen LogP contribution in [0.1, 0.15) is 367 Å². The average Bonchev–Trinajstić information content (AvgIpc) is 3.47. The Balaban J connectivity index is 3.92. The van der Waals surface area contributed by atoms with Gasteiger partial charge in [0, 0.05) is 19.3 Å². The second-order valence-electron chi connectivity index (χ2n) is 23.8. The highest BCUT2D eigenvalue weighted by atomic mass is 16.6. The van der Waals surface area contributed by atoms with Crippen molar-refractivity contribution in [2.24, 2.45) is 0 Å². The third-order valence-electron chi connectivity index (χ3n) is 15.7. The van der Waals surface area contributed by atoms with Crippen molar-refractivity contribution in [3.63, 3.8) is 0 Å². The largest absolute Gasteiger partial charge is 0.462 e. The van der Waals surface area contributed by atoms with Gasteiger partial charge in [0.05, 0.1) is 0 Å². The van der Waals surface area contributed by atoms with Gasteiger partial charge in [-0.25, -0.2) is 0 Å². The van der Waals surface area contributed by atoms with Crippen molar-refractivity contribution in [2.75, 3.05) is 13.2 Å². The molecule has 470 valence electrons. The van der Waals surface area contributed by atoms with Crippen LogP contribution in [0, 0.1) is 0 Å². The Hall–Kier alpha value is -3.15. The summed E-state index contributed by atoms with van der Waals surface area (Å²) in [7, 11) is 0. The smallest absolute Gasteiger partial charge is 0.306 e. The molecule has 1 unspecified atom stereocenters. The summed E-state index contributed by atoms with van der Waals surface area (Å²) in [5, 5.41) is 0. The second-order valence-corrected chi connectivity index (χ2v) is 23.8. The van der Waals surface area contributed by atoms with Crippen molar-refractivity contribution in [3.8, 4) is 0 Å². The summed E-state index contributed by atoms with van der Waals surface area (Å²) in [6, 6.07) is 0. The van der Waals surface area contributed by atoms with Crippen LogP contribution >= 0.6 is 0 Å². The Morgan fingerprint density at radius 3 is 0.753 bits per heavy atom. The number of allylic oxidation sites excluding steroid dienone is 12. The highest BCUT2D eigenvalue weighted by molar-refractivity contribution is 5.71. The molecule has 0 saturated carbocycles. The van der Waals surface area contributed by atoms with E-state index in [0.29, 0.717) is 19.3 Å². The van der Waals surface area contributed by atoms with E-state index >= 15 is 0 Å². The van der Waals surface area contributed by atoms with Gasteiger partial charge in [0.2, 0.25) is 0 Å². The predicted molar refractivity (Wildman–Crippen MR) is 353 cm³/mol. The Bertz CT molecular complexity index is 1490. The summed E-state index contributed by atoms with van der Waals surface area (Å²) in [6.07, 6.45) is 91.4. The first-order chi connectivity index (χ1) is 40.0. The molecule has 0 spiro atoms. The lowest BCUT2D eigenvalue weighted by molar-refractivity contribution is -0.167. The Kier molecular flexibility index (Phi) is 66.6. The zero-order valence-corrected chi connectivity index (χ0v) is 54.1. The quantitative estimate of drug-likeness (QED) is 0.0261. The standard InChI is InChI=1S/C75H134O6/c1-4-7-10-13-15-17-19-21-23-25-27-29-31-33-34-35-36-37-38-39-40-42-43-45-47-49-51-53-55-57-59-62-65-68-74(77)80-71-72(70-79-73(76)67-64-61-12-9-6-3)81-75(78)69-66-63-60-58-56-54-52-50-48-46-44-41-32-30-28-26-24-22-20-18-16-14-11-8-5-2/h8,11,16,18-19,21-22,24-25,27-28,30,72H,4-7,9-10,12-15,17,20,23,26,29,31-71H2,1-3H3/b11-8-,18-16-,21-19-,24-22-,27-25-,30-28-. The fourth-order valence-electron chi connectivity index (χ4n) is 10.4. The van der Waals surface area contributed by atoms with E-state index < -0.39 is 6.10 Å². The van der Waals surface area contributed by atoms with Gasteiger partial charge in [0.25, 0.3) is 0 Å². The number of hydrogen-bond donors (Lipinski definition) is 0. The first kappa shape index (κ1) is 77.9. The molecule has 0 aliphatic rings. The van der Waals surface area contributed by atoms with Gasteiger partial charge in [-0.05, 0) is 89.9 Å². The number of ether oxygens (including phenoxy) is 3. The van der Waals surface area contributed by atoms with Crippen LogP contribution in [0.25, 0.3) is 0 Å². The van der Waals surface area contributed by atoms with Crippen LogP contribution in [0.4, 0.5) is 0 Å². The fraction of sp³-hybridized carbons (Fsp3) is 0.800. The van der Waals surface area contributed by atoms with Gasteiger partial charge in [-0.15, -0.1) is 0 Å². The van der Waals surface area contributed by atoms with E-state index in [4.69, 9.17) is 14.2 Å². The van der Waals surface area contributed by atoms with E-state index in [2.05, 4.69) is 93.7 Å². The lowest BCUT2D eigenvalue weighted by Crippen LogP contribution is -2.30. The number of carbonyl (C=O) groups is 3. The molecular weight excluding hydrogens is 997 g/mol. The molecule has 6 nitrogen and oxygen atoms in total. The van der Waals surface area contributed by atoms with E-state index in [1.807, 2.05) is 0 Å². The Morgan fingerprint density at radius 2 is 0.481 bits per heavy atom. The SMILES string of the molecule is CC/C=C\C/C=C\C/C=C\C/C=C\CCCCCCCCCCCCCCC(=O)OC(COC(=O)CCCCCCC)COC(=O)CCCCCCCCCCCCCCCCCCCCCCC/C=C\C/C=C\CCCCCCC. The first-order valence-corrected chi connectivity index (χ1v) is 35.4. The highest BCUT2D eigenvalue weighted by Crippen LogP contribution is 2.18. The van der Waals surface area contributed by atoms with Crippen molar-refractivity contribution in [3.05, 3.63) is 72.9 Å². The molecule has 0 aromatic heterocycles. The van der Waals surface area contributed by atoms with Crippen molar-refractivity contribution >= 4 is 17.9 Å². The van der Waals surface area contributed by atoms with Gasteiger partial charge >= 0.3 is 17.9 Å². The number of esters is 3. The maximum atomic E-state index is 12.9. The number of rotatable bonds is 65. The summed E-state index contributed by atoms with van der Waals surface area (Å²) >= 11 is 0. The molecule has 81 heavy (non-hydrogen) atoms. The second kappa shape index (κ2) is 69.3. The minimum atomic E-state index is -0.772. The van der Waals surface area contributed by atoms with Crippen molar-refractivity contribution in [1.29, 1.82) is 0 Å².